The summed E-state index contributed by atoms with van der Waals surface area (Å²) in [5.74, 6) is -0.406. The number of methoxy groups -OCH3 is 2. The number of ether oxygens (including phenoxy) is 3. The molecule has 1 fully saturated rings. The van der Waals surface area contributed by atoms with E-state index in [0.717, 1.165) is 0 Å². The van der Waals surface area contributed by atoms with Crippen LogP contribution in [0.3, 0.4) is 0 Å². The van der Waals surface area contributed by atoms with Gasteiger partial charge in [0.2, 0.25) is 0 Å². The van der Waals surface area contributed by atoms with Crippen LogP contribution in [-0.2, 0) is 14.3 Å². The summed E-state index contributed by atoms with van der Waals surface area (Å²) >= 11 is 3.39. The number of carbonyl (C=O) groups excluding carboxylic acids is 2. The number of aliphatic hydroxyl groups excluding tert-OH is 1. The molecule has 0 spiro atoms. The van der Waals surface area contributed by atoms with Gasteiger partial charge in [-0.1, -0.05) is 12.1 Å². The van der Waals surface area contributed by atoms with Crippen molar-refractivity contribution in [3.05, 3.63) is 63.6 Å². The van der Waals surface area contributed by atoms with Gasteiger partial charge in [0.1, 0.15) is 17.3 Å². The van der Waals surface area contributed by atoms with Crippen molar-refractivity contribution in [1.29, 1.82) is 0 Å². The second-order valence-electron chi connectivity index (χ2n) is 7.57. The third-order valence-electron chi connectivity index (χ3n) is 5.07. The predicted molar refractivity (Wildman–Crippen MR) is 124 cm³/mol. The summed E-state index contributed by atoms with van der Waals surface area (Å²) in [6.07, 6.45) is 0.0155. The van der Waals surface area contributed by atoms with Crippen LogP contribution in [0.5, 0.6) is 11.5 Å². The Morgan fingerprint density at radius 2 is 1.81 bits per heavy atom. The maximum atomic E-state index is 13.0. The fourth-order valence-corrected chi connectivity index (χ4v) is 4.16. The van der Waals surface area contributed by atoms with Crippen LogP contribution in [0.1, 0.15) is 31.0 Å². The number of likely N-dealkylation sites (tertiary alicyclic amines) is 1. The van der Waals surface area contributed by atoms with E-state index in [9.17, 15) is 14.7 Å². The number of carbonyl (C=O) groups is 2. The maximum Gasteiger partial charge on any atom is 0.295 e. The largest absolute Gasteiger partial charge is 0.507 e. The topological polar surface area (TPSA) is 85.3 Å². The molecular weight excluding hydrogens is 478 g/mol. The molecule has 0 radical (unpaired) electrons. The molecule has 1 aliphatic heterocycles. The minimum absolute atomic E-state index is 0.0155. The standard InChI is InChI=1S/C24H26BrNO6/c1-14(2)32-17-8-5-15(6-9-17)21-20(23(28)24(29)26(21)11-12-30-3)22(27)16-7-10-19(31-4)18(25)13-16/h5-10,13-14,21,27H,11-12H2,1-4H3/b22-20-. The van der Waals surface area contributed by atoms with Gasteiger partial charge >= 0.3 is 0 Å². The van der Waals surface area contributed by atoms with Gasteiger partial charge in [0.25, 0.3) is 11.7 Å². The molecule has 3 rings (SSSR count). The zero-order chi connectivity index (χ0) is 23.4. The molecule has 7 nitrogen and oxygen atoms in total. The first kappa shape index (κ1) is 23.8. The maximum absolute atomic E-state index is 13.0. The lowest BCUT2D eigenvalue weighted by molar-refractivity contribution is -0.140. The summed E-state index contributed by atoms with van der Waals surface area (Å²) < 4.78 is 16.7. The van der Waals surface area contributed by atoms with Crippen LogP contribution in [-0.4, -0.2) is 55.2 Å². The average molecular weight is 504 g/mol. The van der Waals surface area contributed by atoms with E-state index >= 15 is 0 Å². The van der Waals surface area contributed by atoms with E-state index in [2.05, 4.69) is 15.9 Å². The fourth-order valence-electron chi connectivity index (χ4n) is 3.62. The Labute approximate surface area is 195 Å². The number of benzene rings is 2. The molecule has 1 aliphatic rings. The Balaban J connectivity index is 2.11. The van der Waals surface area contributed by atoms with Gasteiger partial charge in [-0.25, -0.2) is 0 Å². The van der Waals surface area contributed by atoms with Gasteiger partial charge in [-0.05, 0) is 65.7 Å². The number of amides is 1. The molecule has 1 saturated heterocycles. The molecule has 0 saturated carbocycles. The minimum Gasteiger partial charge on any atom is -0.507 e. The average Bonchev–Trinajstić information content (AvgIpc) is 3.02. The Morgan fingerprint density at radius 3 is 2.38 bits per heavy atom. The van der Waals surface area contributed by atoms with Gasteiger partial charge < -0.3 is 24.2 Å². The zero-order valence-electron chi connectivity index (χ0n) is 18.4. The van der Waals surface area contributed by atoms with Crippen LogP contribution in [0.4, 0.5) is 0 Å². The SMILES string of the molecule is COCCN1C(=O)C(=O)/C(=C(\O)c2ccc(OC)c(Br)c2)C1c1ccc(OC(C)C)cc1. The molecule has 1 N–H and O–H groups in total. The second-order valence-corrected chi connectivity index (χ2v) is 8.42. The second kappa shape index (κ2) is 10.2. The molecule has 32 heavy (non-hydrogen) atoms. The number of rotatable bonds is 8. The molecule has 0 aromatic heterocycles. The Bertz CT molecular complexity index is 1030. The zero-order valence-corrected chi connectivity index (χ0v) is 20.0. The first-order chi connectivity index (χ1) is 15.3. The summed E-state index contributed by atoms with van der Waals surface area (Å²) in [6.45, 7) is 4.33. The molecule has 8 heteroatoms. The van der Waals surface area contributed by atoms with Crippen molar-refractivity contribution in [3.8, 4) is 11.5 Å². The van der Waals surface area contributed by atoms with E-state index in [1.807, 2.05) is 13.8 Å². The Hall–Kier alpha value is -2.84. The van der Waals surface area contributed by atoms with Crippen molar-refractivity contribution in [3.63, 3.8) is 0 Å². The summed E-state index contributed by atoms with van der Waals surface area (Å²) in [4.78, 5) is 27.3. The summed E-state index contributed by atoms with van der Waals surface area (Å²) in [5, 5.41) is 11.1. The van der Waals surface area contributed by atoms with Gasteiger partial charge in [0.15, 0.2) is 0 Å². The van der Waals surface area contributed by atoms with Gasteiger partial charge in [-0.15, -0.1) is 0 Å². The quantitative estimate of drug-likeness (QED) is 0.328. The van der Waals surface area contributed by atoms with Crippen molar-refractivity contribution in [2.75, 3.05) is 27.4 Å². The lowest BCUT2D eigenvalue weighted by Gasteiger charge is -2.25. The van der Waals surface area contributed by atoms with Crippen molar-refractivity contribution in [2.24, 2.45) is 0 Å². The van der Waals surface area contributed by atoms with Crippen molar-refractivity contribution in [1.82, 2.24) is 4.90 Å². The molecule has 2 aromatic rings. The van der Waals surface area contributed by atoms with E-state index in [4.69, 9.17) is 14.2 Å². The number of Topliss-reactive ketones (excluding diaryl/α,β-unsaturated/α-hetero) is 1. The number of aliphatic hydroxyl groups is 1. The van der Waals surface area contributed by atoms with Gasteiger partial charge in [-0.3, -0.25) is 9.59 Å². The lowest BCUT2D eigenvalue weighted by Crippen LogP contribution is -2.32. The molecule has 1 amide bonds. The molecule has 0 aliphatic carbocycles. The van der Waals surface area contributed by atoms with Crippen LogP contribution in [0.2, 0.25) is 0 Å². The molecule has 1 unspecified atom stereocenters. The van der Waals surface area contributed by atoms with E-state index in [1.54, 1.807) is 42.5 Å². The first-order valence-corrected chi connectivity index (χ1v) is 11.0. The third-order valence-corrected chi connectivity index (χ3v) is 5.69. The van der Waals surface area contributed by atoms with Crippen LogP contribution in [0, 0.1) is 0 Å². The normalized spacial score (nSPS) is 17.8. The highest BCUT2D eigenvalue weighted by molar-refractivity contribution is 9.10. The molecule has 2 aromatic carbocycles. The minimum atomic E-state index is -0.751. The summed E-state index contributed by atoms with van der Waals surface area (Å²) in [7, 11) is 3.06. The number of halogens is 1. The van der Waals surface area contributed by atoms with Crippen molar-refractivity contribution >= 4 is 33.4 Å². The Morgan fingerprint density at radius 1 is 1.12 bits per heavy atom. The number of ketones is 1. The van der Waals surface area contributed by atoms with Gasteiger partial charge in [-0.2, -0.15) is 0 Å². The van der Waals surface area contributed by atoms with E-state index < -0.39 is 17.7 Å². The van der Waals surface area contributed by atoms with E-state index in [-0.39, 0.29) is 30.6 Å². The fraction of sp³-hybridized carbons (Fsp3) is 0.333. The molecular formula is C24H26BrNO6. The first-order valence-electron chi connectivity index (χ1n) is 10.2. The summed E-state index contributed by atoms with van der Waals surface area (Å²) in [5.41, 5.74) is 1.11. The molecule has 0 bridgehead atoms. The molecule has 170 valence electrons. The summed E-state index contributed by atoms with van der Waals surface area (Å²) in [6, 6.07) is 11.4. The van der Waals surface area contributed by atoms with Crippen LogP contribution in [0.15, 0.2) is 52.5 Å². The molecule has 1 heterocycles. The number of hydrogen-bond donors (Lipinski definition) is 1. The van der Waals surface area contributed by atoms with Crippen molar-refractivity contribution in [2.45, 2.75) is 26.0 Å². The molecule has 1 atom stereocenters. The van der Waals surface area contributed by atoms with E-state index in [1.165, 1.54) is 19.1 Å². The smallest absolute Gasteiger partial charge is 0.295 e. The predicted octanol–water partition coefficient (Wildman–Crippen LogP) is 4.31. The number of hydrogen-bond acceptors (Lipinski definition) is 6. The van der Waals surface area contributed by atoms with E-state index in [0.29, 0.717) is 27.1 Å². The van der Waals surface area contributed by atoms with Gasteiger partial charge in [0.05, 0.1) is 35.9 Å². The highest BCUT2D eigenvalue weighted by atomic mass is 79.9. The van der Waals surface area contributed by atoms with Crippen molar-refractivity contribution < 1.29 is 28.9 Å². The number of nitrogens with zero attached hydrogens (tertiary/aromatic N) is 1. The van der Waals surface area contributed by atoms with Crippen LogP contribution in [0.25, 0.3) is 5.76 Å². The Kier molecular flexibility index (Phi) is 7.58. The van der Waals surface area contributed by atoms with Gasteiger partial charge in [0, 0.05) is 19.2 Å². The monoisotopic (exact) mass is 503 g/mol. The lowest BCUT2D eigenvalue weighted by atomic mass is 9.95. The highest BCUT2D eigenvalue weighted by Gasteiger charge is 2.45. The highest BCUT2D eigenvalue weighted by Crippen LogP contribution is 2.40. The van der Waals surface area contributed by atoms with Crippen LogP contribution < -0.4 is 9.47 Å². The third kappa shape index (κ3) is 4.81. The van der Waals surface area contributed by atoms with Crippen LogP contribution >= 0.6 is 15.9 Å².